The Morgan fingerprint density at radius 2 is 2.11 bits per heavy atom. The molecule has 3 nitrogen and oxygen atoms in total. The van der Waals surface area contributed by atoms with E-state index in [-0.39, 0.29) is 0 Å². The number of anilines is 1. The van der Waals surface area contributed by atoms with Crippen LogP contribution < -0.4 is 10.1 Å². The second-order valence-corrected chi connectivity index (χ2v) is 6.25. The fourth-order valence-electron chi connectivity index (χ4n) is 3.36. The van der Waals surface area contributed by atoms with Crippen molar-refractivity contribution in [3.8, 4) is 5.88 Å². The molecule has 1 aliphatic rings. The molecule has 1 aromatic heterocycles. The van der Waals surface area contributed by atoms with Crippen LogP contribution >= 0.6 is 0 Å². The van der Waals surface area contributed by atoms with Crippen molar-refractivity contribution < 1.29 is 4.74 Å². The van der Waals surface area contributed by atoms with Gasteiger partial charge in [0.25, 0.3) is 0 Å². The van der Waals surface area contributed by atoms with E-state index >= 15 is 0 Å². The number of ether oxygens (including phenoxy) is 1. The number of pyridine rings is 1. The quantitative estimate of drug-likeness (QED) is 0.837. The minimum absolute atomic E-state index is 0.491. The van der Waals surface area contributed by atoms with E-state index in [1.807, 2.05) is 12.1 Å². The van der Waals surface area contributed by atoms with Crippen LogP contribution in [0.15, 0.2) is 18.3 Å². The molecule has 0 aliphatic heterocycles. The Kier molecular flexibility index (Phi) is 4.67. The summed E-state index contributed by atoms with van der Waals surface area (Å²) in [7, 11) is 1.66. The molecule has 1 heterocycles. The van der Waals surface area contributed by atoms with E-state index in [9.17, 15) is 0 Å². The van der Waals surface area contributed by atoms with E-state index in [4.69, 9.17) is 4.74 Å². The van der Waals surface area contributed by atoms with Crippen molar-refractivity contribution in [2.75, 3.05) is 19.0 Å². The van der Waals surface area contributed by atoms with Crippen LogP contribution in [0.1, 0.15) is 46.0 Å². The van der Waals surface area contributed by atoms with Gasteiger partial charge < -0.3 is 10.1 Å². The first-order valence-corrected chi connectivity index (χ1v) is 7.37. The van der Waals surface area contributed by atoms with E-state index < -0.39 is 0 Å². The number of aromatic nitrogens is 1. The Labute approximate surface area is 116 Å². The van der Waals surface area contributed by atoms with Crippen molar-refractivity contribution in [1.82, 2.24) is 4.98 Å². The standard InChI is InChI=1S/C16H26N2O/c1-13(2)11-16(7-4-5-8-16)12-18-14-6-9-17-15(10-14)19-3/h6,9-10,13H,4-5,7-8,11-12H2,1-3H3,(H,17,18). The highest BCUT2D eigenvalue weighted by Crippen LogP contribution is 2.43. The molecule has 0 aromatic carbocycles. The fraction of sp³-hybridized carbons (Fsp3) is 0.688. The van der Waals surface area contributed by atoms with Crippen LogP contribution in [0.5, 0.6) is 5.88 Å². The van der Waals surface area contributed by atoms with Gasteiger partial charge in [0.15, 0.2) is 0 Å². The predicted molar refractivity (Wildman–Crippen MR) is 79.6 cm³/mol. The maximum Gasteiger partial charge on any atom is 0.214 e. The highest BCUT2D eigenvalue weighted by Gasteiger charge is 2.34. The van der Waals surface area contributed by atoms with Gasteiger partial charge in [-0.25, -0.2) is 4.98 Å². The minimum Gasteiger partial charge on any atom is -0.481 e. The van der Waals surface area contributed by atoms with Crippen molar-refractivity contribution in [1.29, 1.82) is 0 Å². The van der Waals surface area contributed by atoms with Crippen molar-refractivity contribution >= 4 is 5.69 Å². The zero-order chi connectivity index (χ0) is 13.7. The summed E-state index contributed by atoms with van der Waals surface area (Å²) in [6.45, 7) is 5.73. The van der Waals surface area contributed by atoms with Gasteiger partial charge in [-0.2, -0.15) is 0 Å². The van der Waals surface area contributed by atoms with E-state index in [0.29, 0.717) is 11.3 Å². The molecule has 0 spiro atoms. The van der Waals surface area contributed by atoms with Gasteiger partial charge in [0.05, 0.1) is 7.11 Å². The van der Waals surface area contributed by atoms with Crippen LogP contribution in [0.4, 0.5) is 5.69 Å². The van der Waals surface area contributed by atoms with Gasteiger partial charge in [0.2, 0.25) is 5.88 Å². The molecule has 3 heteroatoms. The van der Waals surface area contributed by atoms with E-state index in [0.717, 1.165) is 18.2 Å². The molecule has 0 saturated heterocycles. The molecule has 106 valence electrons. The average molecular weight is 262 g/mol. The van der Waals surface area contributed by atoms with Gasteiger partial charge in [-0.15, -0.1) is 0 Å². The van der Waals surface area contributed by atoms with Crippen LogP contribution in [0.3, 0.4) is 0 Å². The van der Waals surface area contributed by atoms with Crippen molar-refractivity contribution in [3.63, 3.8) is 0 Å². The first-order valence-electron chi connectivity index (χ1n) is 7.37. The van der Waals surface area contributed by atoms with Gasteiger partial charge in [-0.05, 0) is 36.7 Å². The summed E-state index contributed by atoms with van der Waals surface area (Å²) >= 11 is 0. The van der Waals surface area contributed by atoms with E-state index in [2.05, 4.69) is 24.1 Å². The lowest BCUT2D eigenvalue weighted by Crippen LogP contribution is -2.28. The topological polar surface area (TPSA) is 34.1 Å². The molecule has 0 atom stereocenters. The summed E-state index contributed by atoms with van der Waals surface area (Å²) in [5, 5.41) is 3.59. The number of nitrogens with zero attached hydrogens (tertiary/aromatic N) is 1. The summed E-state index contributed by atoms with van der Waals surface area (Å²) < 4.78 is 5.17. The molecule has 1 fully saturated rings. The summed E-state index contributed by atoms with van der Waals surface area (Å²) in [6, 6.07) is 3.98. The van der Waals surface area contributed by atoms with Crippen molar-refractivity contribution in [3.05, 3.63) is 18.3 Å². The Morgan fingerprint density at radius 3 is 2.74 bits per heavy atom. The number of hydrogen-bond donors (Lipinski definition) is 1. The molecule has 1 N–H and O–H groups in total. The molecule has 0 unspecified atom stereocenters. The van der Waals surface area contributed by atoms with Crippen molar-refractivity contribution in [2.45, 2.75) is 46.0 Å². The number of nitrogens with one attached hydrogen (secondary N) is 1. The molecule has 1 saturated carbocycles. The largest absolute Gasteiger partial charge is 0.481 e. The molecule has 1 aromatic rings. The Morgan fingerprint density at radius 1 is 1.37 bits per heavy atom. The minimum atomic E-state index is 0.491. The van der Waals surface area contributed by atoms with Gasteiger partial charge in [-0.1, -0.05) is 26.7 Å². The van der Waals surface area contributed by atoms with Gasteiger partial charge >= 0.3 is 0 Å². The van der Waals surface area contributed by atoms with Gasteiger partial charge in [-0.3, -0.25) is 0 Å². The molecule has 1 aliphatic carbocycles. The zero-order valence-corrected chi connectivity index (χ0v) is 12.4. The van der Waals surface area contributed by atoms with Crippen LogP contribution in [-0.4, -0.2) is 18.6 Å². The number of rotatable bonds is 6. The summed E-state index contributed by atoms with van der Waals surface area (Å²) in [5.74, 6) is 1.45. The van der Waals surface area contributed by atoms with Gasteiger partial charge in [0.1, 0.15) is 0 Å². The summed E-state index contributed by atoms with van der Waals surface area (Å²) in [6.07, 6.45) is 8.61. The lowest BCUT2D eigenvalue weighted by molar-refractivity contribution is 0.252. The molecular formula is C16H26N2O. The van der Waals surface area contributed by atoms with E-state index in [1.165, 1.54) is 32.1 Å². The Hall–Kier alpha value is -1.25. The zero-order valence-electron chi connectivity index (χ0n) is 12.4. The first-order chi connectivity index (χ1) is 9.13. The van der Waals surface area contributed by atoms with Crippen LogP contribution in [-0.2, 0) is 0 Å². The molecule has 2 rings (SSSR count). The maximum absolute atomic E-state index is 5.17. The third-order valence-corrected chi connectivity index (χ3v) is 4.12. The van der Waals surface area contributed by atoms with Gasteiger partial charge in [0, 0.05) is 24.5 Å². The molecule has 0 bridgehead atoms. The van der Waals surface area contributed by atoms with Crippen LogP contribution in [0, 0.1) is 11.3 Å². The third kappa shape index (κ3) is 3.85. The fourth-order valence-corrected chi connectivity index (χ4v) is 3.36. The Bertz CT molecular complexity index is 397. The number of hydrogen-bond acceptors (Lipinski definition) is 3. The first kappa shape index (κ1) is 14.2. The lowest BCUT2D eigenvalue weighted by atomic mass is 9.78. The lowest BCUT2D eigenvalue weighted by Gasteiger charge is -2.31. The molecule has 0 amide bonds. The molecule has 0 radical (unpaired) electrons. The third-order valence-electron chi connectivity index (χ3n) is 4.12. The van der Waals surface area contributed by atoms with Crippen molar-refractivity contribution in [2.24, 2.45) is 11.3 Å². The monoisotopic (exact) mass is 262 g/mol. The normalized spacial score (nSPS) is 17.7. The van der Waals surface area contributed by atoms with Crippen LogP contribution in [0.25, 0.3) is 0 Å². The molecular weight excluding hydrogens is 236 g/mol. The SMILES string of the molecule is COc1cc(NCC2(CC(C)C)CCCC2)ccn1. The second kappa shape index (κ2) is 6.27. The van der Waals surface area contributed by atoms with E-state index in [1.54, 1.807) is 13.3 Å². The highest BCUT2D eigenvalue weighted by molar-refractivity contribution is 5.45. The smallest absolute Gasteiger partial charge is 0.214 e. The molecule has 19 heavy (non-hydrogen) atoms. The maximum atomic E-state index is 5.17. The Balaban J connectivity index is 1.98. The summed E-state index contributed by atoms with van der Waals surface area (Å²) in [5.41, 5.74) is 1.60. The second-order valence-electron chi connectivity index (χ2n) is 6.25. The highest BCUT2D eigenvalue weighted by atomic mass is 16.5. The summed E-state index contributed by atoms with van der Waals surface area (Å²) in [4.78, 5) is 4.14. The average Bonchev–Trinajstić information content (AvgIpc) is 2.85. The van der Waals surface area contributed by atoms with Crippen LogP contribution in [0.2, 0.25) is 0 Å². The predicted octanol–water partition coefficient (Wildman–Crippen LogP) is 4.11. The number of methoxy groups -OCH3 is 1.